The van der Waals surface area contributed by atoms with Gasteiger partial charge in [-0.1, -0.05) is 36.4 Å². The summed E-state index contributed by atoms with van der Waals surface area (Å²) in [7, 11) is 0. The Morgan fingerprint density at radius 2 is 1.88 bits per heavy atom. The Morgan fingerprint density at radius 3 is 2.62 bits per heavy atom. The molecule has 0 fully saturated rings. The molecule has 0 bridgehead atoms. The number of anilines is 1. The lowest BCUT2D eigenvalue weighted by Crippen LogP contribution is -2.35. The van der Waals surface area contributed by atoms with Gasteiger partial charge in [-0.3, -0.25) is 19.7 Å². The fourth-order valence-corrected chi connectivity index (χ4v) is 4.47. The molecule has 1 aliphatic heterocycles. The second-order valence-corrected chi connectivity index (χ2v) is 9.56. The predicted molar refractivity (Wildman–Crippen MR) is 152 cm³/mol. The number of nitrogens with one attached hydrogen (secondary N) is 2. The molecule has 12 heteroatoms. The molecule has 3 N–H and O–H groups in total. The van der Waals surface area contributed by atoms with Crippen LogP contribution in [-0.4, -0.2) is 40.3 Å². The second-order valence-electron chi connectivity index (χ2n) is 9.56. The van der Waals surface area contributed by atoms with E-state index in [0.29, 0.717) is 28.9 Å². The van der Waals surface area contributed by atoms with Crippen LogP contribution in [0.4, 0.5) is 11.5 Å². The number of aliphatic hydroxyl groups is 1. The summed E-state index contributed by atoms with van der Waals surface area (Å²) < 4.78 is 17.6. The fraction of sp³-hybridized carbons (Fsp3) is 0.233. The quantitative estimate of drug-likeness (QED) is 0.137. The third-order valence-corrected chi connectivity index (χ3v) is 6.70. The molecular formula is C30H28N4O8. The normalized spacial score (nSPS) is 16.4. The molecule has 2 atom stereocenters. The molecule has 3 heterocycles. The minimum absolute atomic E-state index is 0.00731. The molecule has 1 amide bonds. The number of carbonyl (C=O) groups excluding carboxylic acids is 1. The van der Waals surface area contributed by atoms with Crippen LogP contribution in [0.5, 0.6) is 0 Å². The zero-order valence-electron chi connectivity index (χ0n) is 22.4. The van der Waals surface area contributed by atoms with Crippen molar-refractivity contribution < 1.29 is 28.7 Å². The van der Waals surface area contributed by atoms with Crippen molar-refractivity contribution in [3.05, 3.63) is 122 Å². The molecule has 12 nitrogen and oxygen atoms in total. The largest absolute Gasteiger partial charge is 0.464 e. The van der Waals surface area contributed by atoms with Gasteiger partial charge in [0, 0.05) is 37.1 Å². The molecule has 0 spiro atoms. The molecule has 2 aromatic carbocycles. The smallest absolute Gasteiger partial charge is 0.287 e. The first-order valence-corrected chi connectivity index (χ1v) is 13.2. The van der Waals surface area contributed by atoms with E-state index in [2.05, 4.69) is 15.6 Å². The number of hydrogen-bond acceptors (Lipinski definition) is 10. The van der Waals surface area contributed by atoms with Crippen molar-refractivity contribution in [2.45, 2.75) is 31.8 Å². The van der Waals surface area contributed by atoms with Crippen molar-refractivity contribution in [3.8, 4) is 0 Å². The third-order valence-electron chi connectivity index (χ3n) is 6.70. The number of aromatic nitrogens is 1. The monoisotopic (exact) mass is 572 g/mol. The van der Waals surface area contributed by atoms with Gasteiger partial charge in [0.1, 0.15) is 17.6 Å². The van der Waals surface area contributed by atoms with Crippen LogP contribution in [0, 0.1) is 10.1 Å². The Balaban J connectivity index is 1.28. The molecule has 2 aromatic heterocycles. The van der Waals surface area contributed by atoms with Gasteiger partial charge in [0.25, 0.3) is 11.6 Å². The highest BCUT2D eigenvalue weighted by atomic mass is 16.7. The van der Waals surface area contributed by atoms with Crippen LogP contribution in [0.25, 0.3) is 11.0 Å². The van der Waals surface area contributed by atoms with Gasteiger partial charge in [-0.05, 0) is 35.4 Å². The summed E-state index contributed by atoms with van der Waals surface area (Å²) >= 11 is 0. The number of benzene rings is 2. The molecule has 0 radical (unpaired) electrons. The van der Waals surface area contributed by atoms with E-state index in [1.54, 1.807) is 42.5 Å². The van der Waals surface area contributed by atoms with Crippen LogP contribution in [0.15, 0.2) is 94.2 Å². The van der Waals surface area contributed by atoms with E-state index in [1.165, 1.54) is 18.4 Å². The minimum atomic E-state index is -0.827. The van der Waals surface area contributed by atoms with Gasteiger partial charge in [-0.25, -0.2) is 4.98 Å². The van der Waals surface area contributed by atoms with Crippen LogP contribution < -0.4 is 16.1 Å². The predicted octanol–water partition coefficient (Wildman–Crippen LogP) is 3.75. The summed E-state index contributed by atoms with van der Waals surface area (Å²) in [6.07, 6.45) is 3.61. The maximum Gasteiger partial charge on any atom is 0.287 e. The molecular weight excluding hydrogens is 544 g/mol. The Labute approximate surface area is 239 Å². The number of pyridine rings is 1. The van der Waals surface area contributed by atoms with Crippen molar-refractivity contribution in [2.75, 3.05) is 18.4 Å². The topological polar surface area (TPSA) is 166 Å². The van der Waals surface area contributed by atoms with Gasteiger partial charge in [0.05, 0.1) is 29.8 Å². The van der Waals surface area contributed by atoms with Crippen molar-refractivity contribution in [3.63, 3.8) is 0 Å². The van der Waals surface area contributed by atoms with E-state index in [4.69, 9.17) is 13.9 Å². The van der Waals surface area contributed by atoms with E-state index < -0.39 is 23.0 Å². The van der Waals surface area contributed by atoms with E-state index in [9.17, 15) is 24.8 Å². The average molecular weight is 573 g/mol. The second kappa shape index (κ2) is 13.1. The summed E-state index contributed by atoms with van der Waals surface area (Å²) in [4.78, 5) is 40.6. The van der Waals surface area contributed by atoms with Gasteiger partial charge in [-0.15, -0.1) is 0 Å². The Morgan fingerprint density at radius 1 is 1.10 bits per heavy atom. The molecule has 4 aromatic rings. The summed E-state index contributed by atoms with van der Waals surface area (Å²) in [6.45, 7) is 0.623. The number of hydrogen-bond donors (Lipinski definition) is 3. The van der Waals surface area contributed by atoms with Gasteiger partial charge < -0.3 is 29.6 Å². The first-order chi connectivity index (χ1) is 20.4. The number of fused-ring (bicyclic) bond motifs is 1. The molecule has 1 aliphatic rings. The van der Waals surface area contributed by atoms with Crippen LogP contribution in [-0.2, 0) is 27.5 Å². The highest BCUT2D eigenvalue weighted by Crippen LogP contribution is 2.31. The Bertz CT molecular complexity index is 1650. The third kappa shape index (κ3) is 6.79. The minimum Gasteiger partial charge on any atom is -0.464 e. The summed E-state index contributed by atoms with van der Waals surface area (Å²) in [5.41, 5.74) is 2.16. The van der Waals surface area contributed by atoms with E-state index >= 15 is 0 Å². The number of ether oxygens (including phenoxy) is 2. The number of carbonyl (C=O) groups is 1. The number of rotatable bonds is 11. The first kappa shape index (κ1) is 28.5. The van der Waals surface area contributed by atoms with Crippen molar-refractivity contribution in [2.24, 2.45) is 0 Å². The fourth-order valence-electron chi connectivity index (χ4n) is 4.47. The lowest BCUT2D eigenvalue weighted by atomic mass is 9.93. The van der Waals surface area contributed by atoms with E-state index in [1.807, 2.05) is 12.1 Å². The van der Waals surface area contributed by atoms with Gasteiger partial charge in [-0.2, -0.15) is 0 Å². The number of nitrogens with zero attached hydrogens (tertiary/aromatic N) is 2. The molecule has 0 saturated carbocycles. The highest BCUT2D eigenvalue weighted by molar-refractivity contribution is 5.91. The molecule has 216 valence electrons. The molecule has 0 aliphatic carbocycles. The molecule has 0 unspecified atom stereocenters. The van der Waals surface area contributed by atoms with Crippen molar-refractivity contribution >= 4 is 28.4 Å². The van der Waals surface area contributed by atoms with E-state index in [-0.39, 0.29) is 43.1 Å². The Kier molecular flexibility index (Phi) is 8.85. The van der Waals surface area contributed by atoms with Gasteiger partial charge >= 0.3 is 0 Å². The molecule has 0 saturated heterocycles. The molecule has 42 heavy (non-hydrogen) atoms. The zero-order valence-corrected chi connectivity index (χ0v) is 22.4. The summed E-state index contributed by atoms with van der Waals surface area (Å²) in [6, 6.07) is 17.0. The van der Waals surface area contributed by atoms with Crippen LogP contribution >= 0.6 is 0 Å². The number of aliphatic hydroxyl groups excluding tert-OH is 1. The highest BCUT2D eigenvalue weighted by Gasteiger charge is 2.30. The van der Waals surface area contributed by atoms with Crippen LogP contribution in [0.2, 0.25) is 0 Å². The lowest BCUT2D eigenvalue weighted by Gasteiger charge is -2.29. The first-order valence-electron chi connectivity index (χ1n) is 13.2. The van der Waals surface area contributed by atoms with Gasteiger partial charge in [0.2, 0.25) is 6.29 Å². The number of amides is 1. The number of nitro groups is 1. The lowest BCUT2D eigenvalue weighted by molar-refractivity contribution is -0.385. The molecule has 5 rings (SSSR count). The summed E-state index contributed by atoms with van der Waals surface area (Å²) in [5.74, 6) is -0.576. The van der Waals surface area contributed by atoms with Crippen molar-refractivity contribution in [1.29, 1.82) is 0 Å². The maximum atomic E-state index is 13.3. The van der Waals surface area contributed by atoms with Gasteiger partial charge in [0.15, 0.2) is 11.2 Å². The Hall–Kier alpha value is -5.07. The van der Waals surface area contributed by atoms with Crippen LogP contribution in [0.3, 0.4) is 0 Å². The van der Waals surface area contributed by atoms with Crippen molar-refractivity contribution in [1.82, 2.24) is 10.3 Å². The SMILES string of the molecule is O=C(NCCNc1ccc([N+](=O)[O-])cn1)C1=C[C@@H](c2coc3ccccc3c2=O)C[C@@H](OCc2ccc(CO)cc2)O1. The number of para-hydroxylation sites is 1. The average Bonchev–Trinajstić information content (AvgIpc) is 3.02. The van der Waals surface area contributed by atoms with Crippen LogP contribution in [0.1, 0.15) is 29.0 Å². The zero-order chi connectivity index (χ0) is 29.5. The maximum absolute atomic E-state index is 13.3. The number of allylic oxidation sites excluding steroid dienone is 1. The standard InChI is InChI=1S/C30H28N4O8/c35-16-19-5-7-20(8-6-19)17-41-28-14-21(24-18-40-25-4-2-1-3-23(25)29(24)36)13-26(42-28)30(37)32-12-11-31-27-10-9-22(15-33-27)34(38)39/h1-10,13,15,18,21,28,35H,11-12,14,16-17H2,(H,31,33)(H,32,37)/t21-,28+/m1/s1. The van der Waals surface area contributed by atoms with E-state index in [0.717, 1.165) is 17.3 Å². The summed E-state index contributed by atoms with van der Waals surface area (Å²) in [5, 5.41) is 26.2.